The summed E-state index contributed by atoms with van der Waals surface area (Å²) < 4.78 is 0. The lowest BCUT2D eigenvalue weighted by molar-refractivity contribution is -0.151. The molecule has 0 aromatic rings. The number of aliphatic hydroxyl groups is 5. The molecule has 0 aromatic carbocycles. The first-order valence-corrected chi connectivity index (χ1v) is 12.3. The van der Waals surface area contributed by atoms with Gasteiger partial charge in [0.2, 0.25) is 0 Å². The van der Waals surface area contributed by atoms with Crippen molar-refractivity contribution in [2.45, 2.75) is 135 Å². The second kappa shape index (κ2) is 19.2. The van der Waals surface area contributed by atoms with Crippen molar-refractivity contribution >= 4 is 5.78 Å². The van der Waals surface area contributed by atoms with Crippen LogP contribution in [0.2, 0.25) is 0 Å². The van der Waals surface area contributed by atoms with Crippen LogP contribution in [0, 0.1) is 5.92 Å². The number of hydrogen-bond donors (Lipinski definition) is 5. The number of ketones is 1. The first kappa shape index (κ1) is 29.5. The van der Waals surface area contributed by atoms with Crippen molar-refractivity contribution in [1.82, 2.24) is 0 Å². The third kappa shape index (κ3) is 13.0. The summed E-state index contributed by atoms with van der Waals surface area (Å²) in [5.41, 5.74) is 0. The minimum absolute atomic E-state index is 0.352. The highest BCUT2D eigenvalue weighted by Crippen LogP contribution is 2.23. The summed E-state index contributed by atoms with van der Waals surface area (Å²) in [6.07, 6.45) is 9.18. The predicted octanol–water partition coefficient (Wildman–Crippen LogP) is 3.50. The Bertz CT molecular complexity index is 403. The molecule has 0 aliphatic carbocycles. The maximum absolute atomic E-state index is 12.8. The molecule has 6 heteroatoms. The minimum Gasteiger partial charge on any atom is -0.394 e. The first-order chi connectivity index (χ1) is 14.4. The molecule has 0 rings (SSSR count). The van der Waals surface area contributed by atoms with Gasteiger partial charge >= 0.3 is 0 Å². The molecular weight excluding hydrogens is 384 g/mol. The Kier molecular flexibility index (Phi) is 18.8. The topological polar surface area (TPSA) is 118 Å². The Morgan fingerprint density at radius 2 is 1.03 bits per heavy atom. The molecular formula is C24H48O6. The van der Waals surface area contributed by atoms with Crippen molar-refractivity contribution in [3.05, 3.63) is 0 Å². The van der Waals surface area contributed by atoms with E-state index in [0.717, 1.165) is 44.9 Å². The molecule has 0 bridgehead atoms. The lowest BCUT2D eigenvalue weighted by atomic mass is 9.85. The van der Waals surface area contributed by atoms with Crippen LogP contribution in [0.1, 0.15) is 110 Å². The molecule has 180 valence electrons. The van der Waals surface area contributed by atoms with E-state index in [9.17, 15) is 25.2 Å². The Morgan fingerprint density at radius 3 is 1.43 bits per heavy atom. The molecule has 30 heavy (non-hydrogen) atoms. The highest BCUT2D eigenvalue weighted by molar-refractivity contribution is 5.85. The fraction of sp³-hybridized carbons (Fsp3) is 0.958. The van der Waals surface area contributed by atoms with Crippen LogP contribution >= 0.6 is 0 Å². The second-order valence-electron chi connectivity index (χ2n) is 8.74. The van der Waals surface area contributed by atoms with E-state index in [2.05, 4.69) is 13.8 Å². The van der Waals surface area contributed by atoms with Gasteiger partial charge in [0.25, 0.3) is 0 Å². The molecule has 0 heterocycles. The van der Waals surface area contributed by atoms with Crippen LogP contribution in [0.5, 0.6) is 0 Å². The molecule has 1 unspecified atom stereocenters. The average molecular weight is 433 g/mol. The van der Waals surface area contributed by atoms with E-state index in [-0.39, 0.29) is 5.92 Å². The van der Waals surface area contributed by atoms with Gasteiger partial charge in [-0.2, -0.15) is 0 Å². The first-order valence-electron chi connectivity index (χ1n) is 12.3. The van der Waals surface area contributed by atoms with Gasteiger partial charge < -0.3 is 25.5 Å². The molecule has 0 aliphatic heterocycles. The van der Waals surface area contributed by atoms with Gasteiger partial charge in [-0.15, -0.1) is 0 Å². The number of unbranched alkanes of at least 4 members (excludes halogenated alkanes) is 11. The standard InChI is InChI=1S/C24H48O6/c1-3-5-7-9-10-11-13-15-17-19(16-14-12-8-6-4-2)21(27)23(29)24(30)22(28)20(26)18-25/h19-20,22-26,28-30H,3-18H2,1-2H3/t19?,20-,22-,23+,24+/m1/s1. The van der Waals surface area contributed by atoms with E-state index in [0.29, 0.717) is 12.8 Å². The van der Waals surface area contributed by atoms with Gasteiger partial charge in [0, 0.05) is 5.92 Å². The van der Waals surface area contributed by atoms with Gasteiger partial charge in [-0.05, 0) is 12.8 Å². The summed E-state index contributed by atoms with van der Waals surface area (Å²) >= 11 is 0. The molecule has 5 N–H and O–H groups in total. The summed E-state index contributed by atoms with van der Waals surface area (Å²) in [4.78, 5) is 12.8. The van der Waals surface area contributed by atoms with Crippen LogP contribution in [-0.4, -0.2) is 62.3 Å². The number of carbonyl (C=O) groups excluding carboxylic acids is 1. The Hall–Kier alpha value is -0.530. The van der Waals surface area contributed by atoms with Crippen LogP contribution < -0.4 is 0 Å². The smallest absolute Gasteiger partial charge is 0.167 e. The maximum atomic E-state index is 12.8. The van der Waals surface area contributed by atoms with E-state index in [1.807, 2.05) is 0 Å². The van der Waals surface area contributed by atoms with Crippen LogP contribution in [0.25, 0.3) is 0 Å². The molecule has 0 amide bonds. The molecule has 0 aliphatic rings. The zero-order valence-corrected chi connectivity index (χ0v) is 19.3. The summed E-state index contributed by atoms with van der Waals surface area (Å²) in [5, 5.41) is 48.6. The zero-order chi connectivity index (χ0) is 22.8. The maximum Gasteiger partial charge on any atom is 0.167 e. The van der Waals surface area contributed by atoms with Gasteiger partial charge in [0.1, 0.15) is 24.4 Å². The van der Waals surface area contributed by atoms with Gasteiger partial charge in [0.15, 0.2) is 5.78 Å². The monoisotopic (exact) mass is 432 g/mol. The number of rotatable bonds is 21. The summed E-state index contributed by atoms with van der Waals surface area (Å²) in [6.45, 7) is 3.60. The van der Waals surface area contributed by atoms with Crippen LogP contribution in [0.4, 0.5) is 0 Å². The number of aliphatic hydroxyl groups excluding tert-OH is 5. The number of Topliss-reactive ketones (excluding diaryl/α,β-unsaturated/α-hetero) is 1. The quantitative estimate of drug-likeness (QED) is 0.177. The van der Waals surface area contributed by atoms with E-state index in [4.69, 9.17) is 5.11 Å². The predicted molar refractivity (Wildman–Crippen MR) is 120 cm³/mol. The molecule has 0 fully saturated rings. The van der Waals surface area contributed by atoms with Crippen molar-refractivity contribution < 1.29 is 30.3 Å². The van der Waals surface area contributed by atoms with Crippen molar-refractivity contribution in [3.8, 4) is 0 Å². The van der Waals surface area contributed by atoms with Crippen LogP contribution in [-0.2, 0) is 4.79 Å². The van der Waals surface area contributed by atoms with E-state index in [1.165, 1.54) is 38.5 Å². The van der Waals surface area contributed by atoms with Gasteiger partial charge in [-0.25, -0.2) is 0 Å². The highest BCUT2D eigenvalue weighted by atomic mass is 16.4. The Labute approximate surface area is 183 Å². The lowest BCUT2D eigenvalue weighted by Gasteiger charge is -2.27. The summed E-state index contributed by atoms with van der Waals surface area (Å²) in [5.74, 6) is -0.819. The fourth-order valence-corrected chi connectivity index (χ4v) is 3.88. The SMILES string of the molecule is CCCCCCCCCCC(CCCCCCC)C(=O)[C@H](O)[C@@H](O)[C@H](O)[C@H](O)CO. The van der Waals surface area contributed by atoms with E-state index < -0.39 is 36.8 Å². The molecule has 6 nitrogen and oxygen atoms in total. The van der Waals surface area contributed by atoms with Gasteiger partial charge in [-0.3, -0.25) is 4.79 Å². The van der Waals surface area contributed by atoms with Crippen molar-refractivity contribution in [1.29, 1.82) is 0 Å². The third-order valence-corrected chi connectivity index (χ3v) is 6.01. The zero-order valence-electron chi connectivity index (χ0n) is 19.3. The van der Waals surface area contributed by atoms with E-state index in [1.54, 1.807) is 0 Å². The summed E-state index contributed by atoms with van der Waals surface area (Å²) in [7, 11) is 0. The van der Waals surface area contributed by atoms with Crippen LogP contribution in [0.3, 0.4) is 0 Å². The van der Waals surface area contributed by atoms with E-state index >= 15 is 0 Å². The van der Waals surface area contributed by atoms with Crippen molar-refractivity contribution in [2.75, 3.05) is 6.61 Å². The highest BCUT2D eigenvalue weighted by Gasteiger charge is 2.36. The van der Waals surface area contributed by atoms with Gasteiger partial charge in [-0.1, -0.05) is 97.3 Å². The molecule has 0 aromatic heterocycles. The normalized spacial score (nSPS) is 16.8. The number of carbonyl (C=O) groups is 1. The molecule has 0 saturated heterocycles. The Balaban J connectivity index is 4.59. The lowest BCUT2D eigenvalue weighted by Crippen LogP contribution is -2.50. The van der Waals surface area contributed by atoms with Crippen molar-refractivity contribution in [3.63, 3.8) is 0 Å². The average Bonchev–Trinajstić information content (AvgIpc) is 2.76. The third-order valence-electron chi connectivity index (χ3n) is 6.01. The van der Waals surface area contributed by atoms with Crippen LogP contribution in [0.15, 0.2) is 0 Å². The van der Waals surface area contributed by atoms with Crippen molar-refractivity contribution in [2.24, 2.45) is 5.92 Å². The summed E-state index contributed by atoms with van der Waals surface area (Å²) in [6, 6.07) is 0. The number of hydrogen-bond acceptors (Lipinski definition) is 6. The molecule has 0 saturated carbocycles. The Morgan fingerprint density at radius 1 is 0.633 bits per heavy atom. The molecule has 0 radical (unpaired) electrons. The fourth-order valence-electron chi connectivity index (χ4n) is 3.88. The molecule has 0 spiro atoms. The van der Waals surface area contributed by atoms with Gasteiger partial charge in [0.05, 0.1) is 6.61 Å². The second-order valence-corrected chi connectivity index (χ2v) is 8.74. The molecule has 5 atom stereocenters. The largest absolute Gasteiger partial charge is 0.394 e. The minimum atomic E-state index is -1.80.